The number of fused-ring (bicyclic) bond motifs is 1. The number of aromatic nitrogens is 2. The molecule has 1 N–H and O–H groups in total. The van der Waals surface area contributed by atoms with Crippen molar-refractivity contribution in [2.45, 2.75) is 0 Å². The first-order valence-electron chi connectivity index (χ1n) is 7.03. The second-order valence-electron chi connectivity index (χ2n) is 4.84. The van der Waals surface area contributed by atoms with Crippen LogP contribution in [-0.2, 0) is 4.74 Å². The molecule has 0 bridgehead atoms. The monoisotopic (exact) mass is 313 g/mol. The fourth-order valence-electron chi connectivity index (χ4n) is 2.24. The van der Waals surface area contributed by atoms with Gasteiger partial charge in [0.1, 0.15) is 5.82 Å². The van der Waals surface area contributed by atoms with Crippen LogP contribution in [0.4, 0.5) is 5.82 Å². The number of rotatable bonds is 5. The molecule has 2 aromatic carbocycles. The van der Waals surface area contributed by atoms with Crippen LogP contribution in [0.25, 0.3) is 22.3 Å². The molecule has 0 unspecified atom stereocenters. The maximum Gasteiger partial charge on any atom is 0.162 e. The molecular weight excluding hydrogens is 298 g/mol. The van der Waals surface area contributed by atoms with Gasteiger partial charge in [-0.25, -0.2) is 9.97 Å². The Labute approximate surface area is 134 Å². The van der Waals surface area contributed by atoms with E-state index in [2.05, 4.69) is 15.3 Å². The lowest BCUT2D eigenvalue weighted by Crippen LogP contribution is -2.10. The van der Waals surface area contributed by atoms with Crippen LogP contribution in [0, 0.1) is 0 Å². The summed E-state index contributed by atoms with van der Waals surface area (Å²) >= 11 is 6.07. The summed E-state index contributed by atoms with van der Waals surface area (Å²) in [5, 5.41) is 4.96. The number of halogens is 1. The average molecular weight is 314 g/mol. The Bertz CT molecular complexity index is 792. The van der Waals surface area contributed by atoms with Gasteiger partial charge in [-0.1, -0.05) is 35.9 Å². The van der Waals surface area contributed by atoms with Crippen molar-refractivity contribution in [2.24, 2.45) is 0 Å². The Morgan fingerprint density at radius 1 is 1.09 bits per heavy atom. The molecule has 0 saturated carbocycles. The average Bonchev–Trinajstić information content (AvgIpc) is 2.55. The van der Waals surface area contributed by atoms with Gasteiger partial charge in [-0.05, 0) is 24.3 Å². The van der Waals surface area contributed by atoms with E-state index in [1.165, 1.54) is 0 Å². The van der Waals surface area contributed by atoms with Crippen LogP contribution in [0.15, 0.2) is 48.5 Å². The molecule has 0 spiro atoms. The normalized spacial score (nSPS) is 10.8. The maximum atomic E-state index is 6.07. The summed E-state index contributed by atoms with van der Waals surface area (Å²) in [4.78, 5) is 9.28. The van der Waals surface area contributed by atoms with Crippen molar-refractivity contribution in [1.82, 2.24) is 9.97 Å². The molecule has 3 rings (SSSR count). The lowest BCUT2D eigenvalue weighted by Gasteiger charge is -2.10. The van der Waals surface area contributed by atoms with E-state index in [1.807, 2.05) is 48.5 Å². The van der Waals surface area contributed by atoms with E-state index in [0.29, 0.717) is 24.0 Å². The Kier molecular flexibility index (Phi) is 4.51. The summed E-state index contributed by atoms with van der Waals surface area (Å²) in [6.45, 7) is 1.30. The molecule has 0 atom stereocenters. The second-order valence-corrected chi connectivity index (χ2v) is 5.28. The smallest absolute Gasteiger partial charge is 0.162 e. The molecule has 0 radical (unpaired) electrons. The van der Waals surface area contributed by atoms with Gasteiger partial charge in [-0.3, -0.25) is 0 Å². The van der Waals surface area contributed by atoms with E-state index in [-0.39, 0.29) is 0 Å². The van der Waals surface area contributed by atoms with Crippen LogP contribution in [0.5, 0.6) is 0 Å². The zero-order valence-corrected chi connectivity index (χ0v) is 13.0. The predicted octanol–water partition coefficient (Wildman–Crippen LogP) is 4.01. The summed E-state index contributed by atoms with van der Waals surface area (Å²) in [6.07, 6.45) is 0. The van der Waals surface area contributed by atoms with Crippen LogP contribution in [-0.4, -0.2) is 30.2 Å². The first-order valence-corrected chi connectivity index (χ1v) is 7.41. The molecule has 22 heavy (non-hydrogen) atoms. The number of nitrogens with zero attached hydrogens (tertiary/aromatic N) is 2. The topological polar surface area (TPSA) is 47.0 Å². The van der Waals surface area contributed by atoms with Gasteiger partial charge in [0.2, 0.25) is 0 Å². The first kappa shape index (κ1) is 14.8. The third kappa shape index (κ3) is 3.18. The number of nitrogens with one attached hydrogen (secondary N) is 1. The number of hydrogen-bond donors (Lipinski definition) is 1. The van der Waals surface area contributed by atoms with Crippen molar-refractivity contribution < 1.29 is 4.74 Å². The van der Waals surface area contributed by atoms with Crippen molar-refractivity contribution in [2.75, 3.05) is 25.6 Å². The van der Waals surface area contributed by atoms with Gasteiger partial charge in [0.15, 0.2) is 5.82 Å². The molecular formula is C17H16ClN3O. The van der Waals surface area contributed by atoms with E-state index in [4.69, 9.17) is 16.3 Å². The fraction of sp³-hybridized carbons (Fsp3) is 0.176. The number of benzene rings is 2. The van der Waals surface area contributed by atoms with Gasteiger partial charge in [-0.2, -0.15) is 0 Å². The van der Waals surface area contributed by atoms with Gasteiger partial charge < -0.3 is 10.1 Å². The van der Waals surface area contributed by atoms with Crippen LogP contribution in [0.1, 0.15) is 0 Å². The van der Waals surface area contributed by atoms with Gasteiger partial charge in [0.25, 0.3) is 0 Å². The molecule has 0 aliphatic rings. The number of ether oxygens (including phenoxy) is 1. The molecule has 4 nitrogen and oxygen atoms in total. The first-order chi connectivity index (χ1) is 10.8. The quantitative estimate of drug-likeness (QED) is 0.723. The highest BCUT2D eigenvalue weighted by Crippen LogP contribution is 2.26. The number of anilines is 1. The molecule has 3 aromatic rings. The zero-order chi connectivity index (χ0) is 15.4. The van der Waals surface area contributed by atoms with Crippen LogP contribution < -0.4 is 5.32 Å². The molecule has 1 aromatic heterocycles. The molecule has 1 heterocycles. The van der Waals surface area contributed by atoms with Crippen LogP contribution >= 0.6 is 11.6 Å². The molecule has 112 valence electrons. The number of methoxy groups -OCH3 is 1. The van der Waals surface area contributed by atoms with E-state index in [9.17, 15) is 0 Å². The Hall–Kier alpha value is -2.17. The third-order valence-corrected chi connectivity index (χ3v) is 3.52. The van der Waals surface area contributed by atoms with E-state index >= 15 is 0 Å². The maximum absolute atomic E-state index is 6.07. The summed E-state index contributed by atoms with van der Waals surface area (Å²) in [5.41, 5.74) is 1.79. The second kappa shape index (κ2) is 6.73. The van der Waals surface area contributed by atoms with Gasteiger partial charge in [0.05, 0.1) is 12.1 Å². The molecule has 0 aliphatic carbocycles. The lowest BCUT2D eigenvalue weighted by atomic mass is 10.2. The molecule has 0 amide bonds. The van der Waals surface area contributed by atoms with E-state index in [1.54, 1.807) is 7.11 Å². The number of hydrogen-bond acceptors (Lipinski definition) is 4. The van der Waals surface area contributed by atoms with Crippen molar-refractivity contribution in [3.8, 4) is 11.4 Å². The Balaban J connectivity index is 2.07. The summed E-state index contributed by atoms with van der Waals surface area (Å²) in [7, 11) is 1.68. The third-order valence-electron chi connectivity index (χ3n) is 3.28. The molecule has 5 heteroatoms. The van der Waals surface area contributed by atoms with Crippen molar-refractivity contribution in [3.63, 3.8) is 0 Å². The van der Waals surface area contributed by atoms with Gasteiger partial charge >= 0.3 is 0 Å². The zero-order valence-electron chi connectivity index (χ0n) is 12.2. The van der Waals surface area contributed by atoms with Crippen molar-refractivity contribution in [1.29, 1.82) is 0 Å². The van der Waals surface area contributed by atoms with Crippen molar-refractivity contribution in [3.05, 3.63) is 53.6 Å². The van der Waals surface area contributed by atoms with Crippen LogP contribution in [0.2, 0.25) is 5.02 Å². The Morgan fingerprint density at radius 3 is 2.77 bits per heavy atom. The van der Waals surface area contributed by atoms with Gasteiger partial charge in [0, 0.05) is 29.6 Å². The number of para-hydroxylation sites is 1. The SMILES string of the molecule is COCCNc1nc(-c2cccc(Cl)c2)nc2ccccc12. The highest BCUT2D eigenvalue weighted by Gasteiger charge is 2.09. The highest BCUT2D eigenvalue weighted by molar-refractivity contribution is 6.30. The Morgan fingerprint density at radius 2 is 1.95 bits per heavy atom. The van der Waals surface area contributed by atoms with Crippen molar-refractivity contribution >= 4 is 28.3 Å². The van der Waals surface area contributed by atoms with E-state index in [0.717, 1.165) is 22.3 Å². The van der Waals surface area contributed by atoms with Gasteiger partial charge in [-0.15, -0.1) is 0 Å². The standard InChI is InChI=1S/C17H16ClN3O/c1-22-10-9-19-17-14-7-2-3-8-15(14)20-16(21-17)12-5-4-6-13(18)11-12/h2-8,11H,9-10H2,1H3,(H,19,20,21). The lowest BCUT2D eigenvalue weighted by molar-refractivity contribution is 0.210. The molecule has 0 saturated heterocycles. The molecule has 0 aliphatic heterocycles. The largest absolute Gasteiger partial charge is 0.383 e. The highest BCUT2D eigenvalue weighted by atomic mass is 35.5. The fourth-order valence-corrected chi connectivity index (χ4v) is 2.43. The minimum atomic E-state index is 0.616. The summed E-state index contributed by atoms with van der Waals surface area (Å²) in [6, 6.07) is 15.5. The summed E-state index contributed by atoms with van der Waals surface area (Å²) < 4.78 is 5.08. The minimum Gasteiger partial charge on any atom is -0.383 e. The van der Waals surface area contributed by atoms with E-state index < -0.39 is 0 Å². The predicted molar refractivity (Wildman–Crippen MR) is 90.3 cm³/mol. The molecule has 0 fully saturated rings. The minimum absolute atomic E-state index is 0.616. The summed E-state index contributed by atoms with van der Waals surface area (Å²) in [5.74, 6) is 1.46. The van der Waals surface area contributed by atoms with Crippen LogP contribution in [0.3, 0.4) is 0 Å².